The molecule has 5 nitrogen and oxygen atoms in total. The number of H-pyrrole nitrogens is 1. The molecule has 3 heterocycles. The summed E-state index contributed by atoms with van der Waals surface area (Å²) in [6.45, 7) is 5.81. The van der Waals surface area contributed by atoms with E-state index < -0.39 is 0 Å². The lowest BCUT2D eigenvalue weighted by atomic mass is 9.99. The van der Waals surface area contributed by atoms with Gasteiger partial charge >= 0.3 is 0 Å². The van der Waals surface area contributed by atoms with Gasteiger partial charge in [0.2, 0.25) is 0 Å². The number of hydrogen-bond donors (Lipinski definition) is 1. The first kappa shape index (κ1) is 12.1. The monoisotopic (exact) mass is 271 g/mol. The number of nitrogens with zero attached hydrogens (tertiary/aromatic N) is 4. The van der Waals surface area contributed by atoms with Crippen LogP contribution in [-0.2, 0) is 0 Å². The Hall–Kier alpha value is -1.62. The Morgan fingerprint density at radius 3 is 3.05 bits per heavy atom. The average molecular weight is 271 g/mol. The average Bonchev–Trinajstić information content (AvgIpc) is 2.92. The number of likely N-dealkylation sites (tertiary alicyclic amines) is 1. The summed E-state index contributed by atoms with van der Waals surface area (Å²) in [5, 5.41) is 1.13. The van der Waals surface area contributed by atoms with Gasteiger partial charge in [-0.15, -0.1) is 0 Å². The second kappa shape index (κ2) is 4.19. The van der Waals surface area contributed by atoms with Crippen LogP contribution in [0.1, 0.15) is 19.8 Å². The third kappa shape index (κ3) is 1.66. The molecule has 5 heteroatoms. The van der Waals surface area contributed by atoms with Gasteiger partial charge in [0, 0.05) is 37.8 Å². The van der Waals surface area contributed by atoms with Gasteiger partial charge in [-0.05, 0) is 25.5 Å². The normalized spacial score (nSPS) is 24.6. The number of hydrogen-bond acceptors (Lipinski definition) is 4. The molecule has 0 unspecified atom stereocenters. The largest absolute Gasteiger partial charge is 0.354 e. The van der Waals surface area contributed by atoms with Crippen LogP contribution in [0, 0.1) is 5.41 Å². The number of aromatic nitrogens is 3. The lowest BCUT2D eigenvalue weighted by Crippen LogP contribution is -2.39. The van der Waals surface area contributed by atoms with Crippen LogP contribution in [0.4, 0.5) is 5.82 Å². The van der Waals surface area contributed by atoms with Gasteiger partial charge in [0.05, 0.1) is 5.39 Å². The van der Waals surface area contributed by atoms with Gasteiger partial charge in [-0.3, -0.25) is 0 Å². The lowest BCUT2D eigenvalue weighted by Gasteiger charge is -2.30. The lowest BCUT2D eigenvalue weighted by molar-refractivity contribution is 0.337. The third-order valence-corrected chi connectivity index (χ3v) is 5.15. The molecule has 1 saturated heterocycles. The molecule has 2 aromatic rings. The predicted molar refractivity (Wildman–Crippen MR) is 79.9 cm³/mol. The molecule has 2 fully saturated rings. The Balaban J connectivity index is 1.70. The van der Waals surface area contributed by atoms with Crippen molar-refractivity contribution in [3.63, 3.8) is 0 Å². The minimum absolute atomic E-state index is 0.512. The molecule has 20 heavy (non-hydrogen) atoms. The van der Waals surface area contributed by atoms with Crippen LogP contribution >= 0.6 is 0 Å². The van der Waals surface area contributed by atoms with Gasteiger partial charge in [-0.25, -0.2) is 9.97 Å². The standard InChI is InChI=1S/C15H21N5/c1-3-20-8-12(15(9-20)5-6-15)19(2)14-11-4-7-16-13(11)17-10-18-14/h4,7,10,12H,3,5-6,8-9H2,1-2H3,(H,16,17,18)/t12-/m0/s1. The molecule has 0 bridgehead atoms. The zero-order chi connectivity index (χ0) is 13.7. The third-order valence-electron chi connectivity index (χ3n) is 5.15. The van der Waals surface area contributed by atoms with Crippen molar-refractivity contribution in [1.82, 2.24) is 19.9 Å². The highest BCUT2D eigenvalue weighted by atomic mass is 15.3. The van der Waals surface area contributed by atoms with Crippen molar-refractivity contribution in [2.45, 2.75) is 25.8 Å². The summed E-state index contributed by atoms with van der Waals surface area (Å²) in [4.78, 5) is 17.0. The van der Waals surface area contributed by atoms with Crippen LogP contribution in [0.3, 0.4) is 0 Å². The Morgan fingerprint density at radius 2 is 2.30 bits per heavy atom. The summed E-state index contributed by atoms with van der Waals surface area (Å²) in [6.07, 6.45) is 6.33. The predicted octanol–water partition coefficient (Wildman–Crippen LogP) is 1.88. The van der Waals surface area contributed by atoms with Crippen LogP contribution < -0.4 is 4.90 Å². The molecule has 0 aromatic carbocycles. The number of rotatable bonds is 3. The van der Waals surface area contributed by atoms with Gasteiger partial charge in [0.25, 0.3) is 0 Å². The van der Waals surface area contributed by atoms with Gasteiger partial charge in [0.1, 0.15) is 17.8 Å². The van der Waals surface area contributed by atoms with Gasteiger partial charge in [0.15, 0.2) is 0 Å². The maximum atomic E-state index is 4.54. The first-order valence-electron chi connectivity index (χ1n) is 7.47. The highest BCUT2D eigenvalue weighted by Gasteiger charge is 2.56. The maximum Gasteiger partial charge on any atom is 0.142 e. The van der Waals surface area contributed by atoms with Crippen molar-refractivity contribution in [2.24, 2.45) is 5.41 Å². The smallest absolute Gasteiger partial charge is 0.142 e. The zero-order valence-electron chi connectivity index (χ0n) is 12.1. The zero-order valence-corrected chi connectivity index (χ0v) is 12.1. The van der Waals surface area contributed by atoms with E-state index in [0.717, 1.165) is 29.9 Å². The van der Waals surface area contributed by atoms with E-state index in [1.165, 1.54) is 19.4 Å². The van der Waals surface area contributed by atoms with Crippen molar-refractivity contribution >= 4 is 16.9 Å². The molecule has 2 aliphatic rings. The fraction of sp³-hybridized carbons (Fsp3) is 0.600. The van der Waals surface area contributed by atoms with E-state index >= 15 is 0 Å². The Morgan fingerprint density at radius 1 is 1.45 bits per heavy atom. The van der Waals surface area contributed by atoms with E-state index in [4.69, 9.17) is 0 Å². The summed E-state index contributed by atoms with van der Waals surface area (Å²) in [5.74, 6) is 1.06. The van der Waals surface area contributed by atoms with E-state index in [2.05, 4.69) is 44.8 Å². The number of aromatic amines is 1. The Labute approximate surface area is 119 Å². The SMILES string of the molecule is CCN1C[C@H](N(C)c2ncnc3[nH]ccc23)C2(CC2)C1. The van der Waals surface area contributed by atoms with Crippen molar-refractivity contribution in [1.29, 1.82) is 0 Å². The molecular weight excluding hydrogens is 250 g/mol. The highest BCUT2D eigenvalue weighted by molar-refractivity contribution is 5.87. The van der Waals surface area contributed by atoms with Crippen LogP contribution in [0.2, 0.25) is 0 Å². The molecule has 1 atom stereocenters. The van der Waals surface area contributed by atoms with Crippen molar-refractivity contribution in [2.75, 3.05) is 31.6 Å². The maximum absolute atomic E-state index is 4.54. The van der Waals surface area contributed by atoms with Crippen LogP contribution in [0.15, 0.2) is 18.6 Å². The molecule has 0 radical (unpaired) electrons. The minimum Gasteiger partial charge on any atom is -0.354 e. The summed E-state index contributed by atoms with van der Waals surface area (Å²) in [7, 11) is 2.19. The van der Waals surface area contributed by atoms with E-state index in [1.807, 2.05) is 6.20 Å². The quantitative estimate of drug-likeness (QED) is 0.926. The van der Waals surface area contributed by atoms with Gasteiger partial charge < -0.3 is 14.8 Å². The molecule has 1 saturated carbocycles. The summed E-state index contributed by atoms with van der Waals surface area (Å²) >= 11 is 0. The Bertz CT molecular complexity index is 630. The topological polar surface area (TPSA) is 48.1 Å². The number of likely N-dealkylation sites (N-methyl/N-ethyl adjacent to an activating group) is 2. The molecule has 106 valence electrons. The van der Waals surface area contributed by atoms with Crippen molar-refractivity contribution in [3.8, 4) is 0 Å². The fourth-order valence-corrected chi connectivity index (χ4v) is 3.77. The molecule has 1 aliphatic carbocycles. The first-order chi connectivity index (χ1) is 9.73. The summed E-state index contributed by atoms with van der Waals surface area (Å²) < 4.78 is 0. The summed E-state index contributed by atoms with van der Waals surface area (Å²) in [5.41, 5.74) is 1.44. The van der Waals surface area contributed by atoms with Gasteiger partial charge in [-0.2, -0.15) is 0 Å². The molecule has 1 spiro atoms. The Kier molecular flexibility index (Phi) is 2.54. The fourth-order valence-electron chi connectivity index (χ4n) is 3.77. The van der Waals surface area contributed by atoms with E-state index in [1.54, 1.807) is 6.33 Å². The highest BCUT2D eigenvalue weighted by Crippen LogP contribution is 2.54. The molecule has 1 N–H and O–H groups in total. The number of fused-ring (bicyclic) bond motifs is 1. The molecule has 4 rings (SSSR count). The van der Waals surface area contributed by atoms with Crippen LogP contribution in [0.25, 0.3) is 11.0 Å². The first-order valence-corrected chi connectivity index (χ1v) is 7.47. The number of nitrogens with one attached hydrogen (secondary N) is 1. The minimum atomic E-state index is 0.512. The molecule has 2 aromatic heterocycles. The molecular formula is C15H21N5. The van der Waals surface area contributed by atoms with Gasteiger partial charge in [-0.1, -0.05) is 6.92 Å². The van der Waals surface area contributed by atoms with Crippen LogP contribution in [-0.4, -0.2) is 52.6 Å². The number of anilines is 1. The van der Waals surface area contributed by atoms with Crippen molar-refractivity contribution < 1.29 is 0 Å². The second-order valence-electron chi connectivity index (χ2n) is 6.25. The van der Waals surface area contributed by atoms with Crippen molar-refractivity contribution in [3.05, 3.63) is 18.6 Å². The van der Waals surface area contributed by atoms with E-state index in [9.17, 15) is 0 Å². The van der Waals surface area contributed by atoms with E-state index in [0.29, 0.717) is 11.5 Å². The molecule has 1 aliphatic heterocycles. The second-order valence-corrected chi connectivity index (χ2v) is 6.25. The summed E-state index contributed by atoms with van der Waals surface area (Å²) in [6, 6.07) is 2.66. The van der Waals surface area contributed by atoms with E-state index in [-0.39, 0.29) is 0 Å². The molecule has 0 amide bonds. The van der Waals surface area contributed by atoms with Crippen LogP contribution in [0.5, 0.6) is 0 Å².